The summed E-state index contributed by atoms with van der Waals surface area (Å²) in [5.41, 5.74) is 6.08. The van der Waals surface area contributed by atoms with Crippen LogP contribution in [0.5, 0.6) is 5.88 Å². The summed E-state index contributed by atoms with van der Waals surface area (Å²) in [6.07, 6.45) is 2.29. The van der Waals surface area contributed by atoms with Crippen molar-refractivity contribution in [3.05, 3.63) is 23.9 Å². The minimum Gasteiger partial charge on any atom is -0.475 e. The van der Waals surface area contributed by atoms with Crippen molar-refractivity contribution in [2.75, 3.05) is 13.1 Å². The molecule has 3 amide bonds. The van der Waals surface area contributed by atoms with Gasteiger partial charge >= 0.3 is 6.03 Å². The molecule has 3 N–H and O–H groups in total. The molecular weight excluding hydrogens is 284 g/mol. The number of pyridine rings is 1. The molecule has 1 aromatic rings. The van der Waals surface area contributed by atoms with Crippen LogP contribution in [0, 0.1) is 5.92 Å². The largest absolute Gasteiger partial charge is 0.475 e. The van der Waals surface area contributed by atoms with Crippen LogP contribution in [0.3, 0.4) is 0 Å². The molecule has 0 saturated carbocycles. The molecule has 1 aliphatic rings. The Hall–Kier alpha value is -2.31. The van der Waals surface area contributed by atoms with Gasteiger partial charge in [-0.05, 0) is 26.3 Å². The van der Waals surface area contributed by atoms with E-state index in [1.807, 2.05) is 19.9 Å². The number of urea groups is 1. The molecule has 2 heterocycles. The Bertz CT molecular complexity index is 547. The zero-order valence-corrected chi connectivity index (χ0v) is 12.9. The lowest BCUT2D eigenvalue weighted by Gasteiger charge is -2.18. The Labute approximate surface area is 129 Å². The Morgan fingerprint density at radius 3 is 2.95 bits per heavy atom. The van der Waals surface area contributed by atoms with Crippen LogP contribution in [-0.2, 0) is 11.3 Å². The molecular formula is C15H22N4O3. The fourth-order valence-electron chi connectivity index (χ4n) is 2.35. The monoisotopic (exact) mass is 306 g/mol. The van der Waals surface area contributed by atoms with Gasteiger partial charge in [0.15, 0.2) is 0 Å². The van der Waals surface area contributed by atoms with Gasteiger partial charge in [-0.2, -0.15) is 0 Å². The fraction of sp³-hybridized carbons (Fsp3) is 0.533. The third-order valence-electron chi connectivity index (χ3n) is 3.51. The second-order valence-electron chi connectivity index (χ2n) is 5.63. The number of amides is 3. The molecule has 2 rings (SSSR count). The summed E-state index contributed by atoms with van der Waals surface area (Å²) in [6.45, 7) is 5.09. The summed E-state index contributed by atoms with van der Waals surface area (Å²) in [5, 5.41) is 2.83. The highest BCUT2D eigenvalue weighted by Crippen LogP contribution is 2.17. The number of aromatic nitrogens is 1. The first-order chi connectivity index (χ1) is 10.5. The molecule has 7 heteroatoms. The van der Waals surface area contributed by atoms with Gasteiger partial charge in [-0.15, -0.1) is 0 Å². The first-order valence-corrected chi connectivity index (χ1v) is 7.40. The molecule has 7 nitrogen and oxygen atoms in total. The molecule has 1 unspecified atom stereocenters. The maximum absolute atomic E-state index is 12.1. The van der Waals surface area contributed by atoms with Crippen molar-refractivity contribution in [2.24, 2.45) is 11.7 Å². The average molecular weight is 306 g/mol. The average Bonchev–Trinajstić information content (AvgIpc) is 2.95. The minimum atomic E-state index is -0.352. The maximum Gasteiger partial charge on any atom is 0.317 e. The molecule has 1 atom stereocenters. The van der Waals surface area contributed by atoms with Crippen LogP contribution in [0.15, 0.2) is 18.3 Å². The van der Waals surface area contributed by atoms with Gasteiger partial charge in [0.1, 0.15) is 0 Å². The number of carbonyl (C=O) groups excluding carboxylic acids is 2. The number of likely N-dealkylation sites (tertiary alicyclic amines) is 1. The molecule has 0 bridgehead atoms. The van der Waals surface area contributed by atoms with Crippen LogP contribution in [0.2, 0.25) is 0 Å². The van der Waals surface area contributed by atoms with Crippen molar-refractivity contribution in [3.63, 3.8) is 0 Å². The quantitative estimate of drug-likeness (QED) is 0.844. The molecule has 1 aliphatic heterocycles. The number of rotatable bonds is 5. The molecule has 0 aromatic carbocycles. The Morgan fingerprint density at radius 1 is 1.55 bits per heavy atom. The van der Waals surface area contributed by atoms with Crippen LogP contribution < -0.4 is 15.8 Å². The Morgan fingerprint density at radius 2 is 2.32 bits per heavy atom. The highest BCUT2D eigenvalue weighted by Gasteiger charge is 2.29. The van der Waals surface area contributed by atoms with Crippen LogP contribution in [0.4, 0.5) is 4.79 Å². The molecule has 1 aromatic heterocycles. The van der Waals surface area contributed by atoms with E-state index in [-0.39, 0.29) is 24.0 Å². The number of nitrogens with two attached hydrogens (primary N) is 1. The maximum atomic E-state index is 12.1. The molecule has 0 aliphatic carbocycles. The third kappa shape index (κ3) is 4.09. The third-order valence-corrected chi connectivity index (χ3v) is 3.51. The topological polar surface area (TPSA) is 97.6 Å². The van der Waals surface area contributed by atoms with Crippen molar-refractivity contribution in [1.29, 1.82) is 0 Å². The number of carbonyl (C=O) groups is 2. The fourth-order valence-corrected chi connectivity index (χ4v) is 2.35. The van der Waals surface area contributed by atoms with Crippen molar-refractivity contribution in [2.45, 2.75) is 32.9 Å². The van der Waals surface area contributed by atoms with Crippen molar-refractivity contribution in [1.82, 2.24) is 15.2 Å². The summed E-state index contributed by atoms with van der Waals surface area (Å²) in [7, 11) is 0. The van der Waals surface area contributed by atoms with E-state index in [4.69, 9.17) is 10.5 Å². The zero-order chi connectivity index (χ0) is 16.1. The molecule has 1 fully saturated rings. The number of nitrogens with zero attached hydrogens (tertiary/aromatic N) is 2. The van der Waals surface area contributed by atoms with Crippen molar-refractivity contribution in [3.8, 4) is 5.88 Å². The van der Waals surface area contributed by atoms with E-state index in [9.17, 15) is 9.59 Å². The van der Waals surface area contributed by atoms with E-state index in [1.54, 1.807) is 17.2 Å². The molecule has 22 heavy (non-hydrogen) atoms. The van der Waals surface area contributed by atoms with Gasteiger partial charge in [0.2, 0.25) is 11.8 Å². The number of hydrogen-bond donors (Lipinski definition) is 2. The van der Waals surface area contributed by atoms with Crippen LogP contribution in [0.25, 0.3) is 0 Å². The highest BCUT2D eigenvalue weighted by atomic mass is 16.5. The van der Waals surface area contributed by atoms with Crippen LogP contribution >= 0.6 is 0 Å². The second kappa shape index (κ2) is 7.11. The van der Waals surface area contributed by atoms with Gasteiger partial charge in [-0.3, -0.25) is 4.79 Å². The Balaban J connectivity index is 1.90. The summed E-state index contributed by atoms with van der Waals surface area (Å²) in [4.78, 5) is 29.0. The summed E-state index contributed by atoms with van der Waals surface area (Å²) >= 11 is 0. The molecule has 0 radical (unpaired) electrons. The summed E-state index contributed by atoms with van der Waals surface area (Å²) < 4.78 is 5.61. The normalized spacial score (nSPS) is 17.6. The zero-order valence-electron chi connectivity index (χ0n) is 12.9. The number of hydrogen-bond acceptors (Lipinski definition) is 4. The van der Waals surface area contributed by atoms with E-state index in [0.29, 0.717) is 31.9 Å². The van der Waals surface area contributed by atoms with E-state index in [1.165, 1.54) is 0 Å². The summed E-state index contributed by atoms with van der Waals surface area (Å²) in [6, 6.07) is 3.46. The van der Waals surface area contributed by atoms with Crippen molar-refractivity contribution >= 4 is 11.9 Å². The van der Waals surface area contributed by atoms with E-state index in [2.05, 4.69) is 10.3 Å². The van der Waals surface area contributed by atoms with Gasteiger partial charge in [0.05, 0.1) is 12.0 Å². The number of primary amides is 1. The van der Waals surface area contributed by atoms with Crippen molar-refractivity contribution < 1.29 is 14.3 Å². The lowest BCUT2D eigenvalue weighted by molar-refractivity contribution is -0.121. The second-order valence-corrected chi connectivity index (χ2v) is 5.63. The first-order valence-electron chi connectivity index (χ1n) is 7.40. The molecule has 0 spiro atoms. The van der Waals surface area contributed by atoms with Gasteiger partial charge in [0.25, 0.3) is 0 Å². The minimum absolute atomic E-state index is 0.0132. The van der Waals surface area contributed by atoms with Crippen LogP contribution in [0.1, 0.15) is 25.8 Å². The number of ether oxygens (including phenoxy) is 1. The lowest BCUT2D eigenvalue weighted by Crippen LogP contribution is -2.39. The smallest absolute Gasteiger partial charge is 0.317 e. The van der Waals surface area contributed by atoms with E-state index in [0.717, 1.165) is 5.56 Å². The SMILES string of the molecule is CC(C)Oc1ncccc1CNC(=O)N1CCC(C(N)=O)C1. The molecule has 1 saturated heterocycles. The van der Waals surface area contributed by atoms with Crippen LogP contribution in [-0.4, -0.2) is 41.0 Å². The van der Waals surface area contributed by atoms with Gasteiger partial charge < -0.3 is 20.7 Å². The predicted octanol–water partition coefficient (Wildman–Crippen LogP) is 0.886. The molecule has 120 valence electrons. The first kappa shape index (κ1) is 16.1. The lowest BCUT2D eigenvalue weighted by atomic mass is 10.1. The highest BCUT2D eigenvalue weighted by molar-refractivity contribution is 5.80. The van der Waals surface area contributed by atoms with Gasteiger partial charge in [-0.1, -0.05) is 6.07 Å². The van der Waals surface area contributed by atoms with Gasteiger partial charge in [0, 0.05) is 31.4 Å². The standard InChI is InChI=1S/C15H22N4O3/c1-10(2)22-14-11(4-3-6-17-14)8-18-15(21)19-7-5-12(9-19)13(16)20/h3-4,6,10,12H,5,7-9H2,1-2H3,(H2,16,20)(H,18,21). The summed E-state index contributed by atoms with van der Waals surface area (Å²) in [5.74, 6) is -0.0756. The van der Waals surface area contributed by atoms with E-state index < -0.39 is 0 Å². The Kier molecular flexibility index (Phi) is 5.19. The van der Waals surface area contributed by atoms with E-state index >= 15 is 0 Å². The van der Waals surface area contributed by atoms with Gasteiger partial charge in [-0.25, -0.2) is 9.78 Å². The predicted molar refractivity (Wildman–Crippen MR) is 81.1 cm³/mol. The number of nitrogens with one attached hydrogen (secondary N) is 1.